The van der Waals surface area contributed by atoms with Crippen molar-refractivity contribution in [2.45, 2.75) is 18.9 Å². The number of ether oxygens (including phenoxy) is 1. The molecule has 1 N–H and O–H groups in total. The van der Waals surface area contributed by atoms with Crippen molar-refractivity contribution >= 4 is 11.7 Å². The molecule has 1 atom stereocenters. The van der Waals surface area contributed by atoms with Crippen LogP contribution in [-0.4, -0.2) is 49.5 Å². The monoisotopic (exact) mass is 250 g/mol. The van der Waals surface area contributed by atoms with Gasteiger partial charge in [-0.1, -0.05) is 0 Å². The van der Waals surface area contributed by atoms with E-state index < -0.39 is 0 Å². The minimum absolute atomic E-state index is 0.226. The second-order valence-electron chi connectivity index (χ2n) is 4.37. The van der Waals surface area contributed by atoms with Gasteiger partial charge in [-0.3, -0.25) is 4.79 Å². The highest BCUT2D eigenvalue weighted by molar-refractivity contribution is 5.91. The summed E-state index contributed by atoms with van der Waals surface area (Å²) in [6.45, 7) is 1.65. The Kier molecular flexibility index (Phi) is 4.09. The van der Waals surface area contributed by atoms with Gasteiger partial charge in [-0.2, -0.15) is 0 Å². The fraction of sp³-hybridized carbons (Fsp3) is 0.583. The summed E-state index contributed by atoms with van der Waals surface area (Å²) in [4.78, 5) is 13.3. The van der Waals surface area contributed by atoms with E-state index in [0.29, 0.717) is 5.69 Å². The summed E-state index contributed by atoms with van der Waals surface area (Å²) < 4.78 is 5.57. The first kappa shape index (κ1) is 12.8. The minimum atomic E-state index is -0.226. The third kappa shape index (κ3) is 2.95. The van der Waals surface area contributed by atoms with Crippen molar-refractivity contribution in [2.75, 3.05) is 32.1 Å². The van der Waals surface area contributed by atoms with Crippen LogP contribution in [0, 0.1) is 0 Å². The molecule has 98 valence electrons. The molecule has 1 amide bonds. The number of rotatable bonds is 4. The van der Waals surface area contributed by atoms with Gasteiger partial charge in [0.1, 0.15) is 0 Å². The molecule has 0 saturated carbocycles. The Balaban J connectivity index is 1.97. The maximum Gasteiger partial charge on any atom is 0.271 e. The van der Waals surface area contributed by atoms with Crippen molar-refractivity contribution in [1.29, 1.82) is 0 Å². The number of anilines is 1. The smallest absolute Gasteiger partial charge is 0.271 e. The molecule has 1 aliphatic rings. The van der Waals surface area contributed by atoms with E-state index in [9.17, 15) is 4.79 Å². The Morgan fingerprint density at radius 3 is 2.94 bits per heavy atom. The number of hydrogen-bond acceptors (Lipinski definition) is 5. The molecule has 1 aromatic rings. The quantitative estimate of drug-likeness (QED) is 0.840. The van der Waals surface area contributed by atoms with Crippen molar-refractivity contribution in [3.63, 3.8) is 0 Å². The van der Waals surface area contributed by atoms with E-state index in [2.05, 4.69) is 15.5 Å². The molecule has 0 aromatic carbocycles. The average molecular weight is 250 g/mol. The van der Waals surface area contributed by atoms with Crippen LogP contribution in [0.15, 0.2) is 12.1 Å². The molecule has 1 saturated heterocycles. The second kappa shape index (κ2) is 5.77. The van der Waals surface area contributed by atoms with Gasteiger partial charge in [0.25, 0.3) is 5.91 Å². The van der Waals surface area contributed by atoms with Gasteiger partial charge in [-0.25, -0.2) is 0 Å². The molecular weight excluding hydrogens is 232 g/mol. The Hall–Kier alpha value is -1.69. The van der Waals surface area contributed by atoms with Gasteiger partial charge in [0.05, 0.1) is 6.10 Å². The topological polar surface area (TPSA) is 67.4 Å². The summed E-state index contributed by atoms with van der Waals surface area (Å²) in [5, 5.41) is 10.5. The molecule has 0 radical (unpaired) electrons. The summed E-state index contributed by atoms with van der Waals surface area (Å²) in [5.74, 6) is 0.522. The van der Waals surface area contributed by atoms with Crippen LogP contribution >= 0.6 is 0 Å². The van der Waals surface area contributed by atoms with E-state index in [1.165, 1.54) is 0 Å². The molecule has 0 aliphatic carbocycles. The van der Waals surface area contributed by atoms with Gasteiger partial charge in [-0.15, -0.1) is 10.2 Å². The zero-order valence-electron chi connectivity index (χ0n) is 10.7. The average Bonchev–Trinajstić information content (AvgIpc) is 2.91. The van der Waals surface area contributed by atoms with Crippen LogP contribution in [-0.2, 0) is 4.74 Å². The van der Waals surface area contributed by atoms with Gasteiger partial charge in [0.15, 0.2) is 11.5 Å². The Morgan fingerprint density at radius 2 is 2.39 bits per heavy atom. The number of likely N-dealkylation sites (N-methyl/N-ethyl adjacent to an activating group) is 1. The van der Waals surface area contributed by atoms with Crippen LogP contribution in [0.2, 0.25) is 0 Å². The lowest BCUT2D eigenvalue weighted by Crippen LogP contribution is -2.29. The fourth-order valence-corrected chi connectivity index (χ4v) is 1.97. The number of hydrogen-bond donors (Lipinski definition) is 1. The van der Waals surface area contributed by atoms with Crippen molar-refractivity contribution in [3.8, 4) is 0 Å². The zero-order chi connectivity index (χ0) is 13.0. The predicted octanol–water partition coefficient (Wildman–Crippen LogP) is 0.451. The number of amides is 1. The Morgan fingerprint density at radius 1 is 1.56 bits per heavy atom. The first-order valence-corrected chi connectivity index (χ1v) is 6.09. The SMILES string of the molecule is CNC(=O)c1ccc(N(C)CC2CCCO2)nn1. The molecule has 2 rings (SSSR count). The molecule has 0 bridgehead atoms. The van der Waals surface area contributed by atoms with Crippen molar-refractivity contribution in [3.05, 3.63) is 17.8 Å². The lowest BCUT2D eigenvalue weighted by atomic mass is 10.2. The fourth-order valence-electron chi connectivity index (χ4n) is 1.97. The molecule has 1 fully saturated rings. The first-order valence-electron chi connectivity index (χ1n) is 6.09. The predicted molar refractivity (Wildman–Crippen MR) is 67.7 cm³/mol. The van der Waals surface area contributed by atoms with Crippen LogP contribution in [0.4, 0.5) is 5.82 Å². The standard InChI is InChI=1S/C12H18N4O2/c1-13-12(17)10-5-6-11(15-14-10)16(2)8-9-4-3-7-18-9/h5-6,9H,3-4,7-8H2,1-2H3,(H,13,17). The molecule has 1 aromatic heterocycles. The second-order valence-corrected chi connectivity index (χ2v) is 4.37. The van der Waals surface area contributed by atoms with Crippen molar-refractivity contribution in [1.82, 2.24) is 15.5 Å². The van der Waals surface area contributed by atoms with E-state index in [4.69, 9.17) is 4.74 Å². The lowest BCUT2D eigenvalue weighted by Gasteiger charge is -2.21. The number of aromatic nitrogens is 2. The highest BCUT2D eigenvalue weighted by atomic mass is 16.5. The first-order chi connectivity index (χ1) is 8.70. The van der Waals surface area contributed by atoms with Gasteiger partial charge in [0.2, 0.25) is 0 Å². The third-order valence-electron chi connectivity index (χ3n) is 3.00. The summed E-state index contributed by atoms with van der Waals surface area (Å²) in [6.07, 6.45) is 2.49. The van der Waals surface area contributed by atoms with E-state index in [1.807, 2.05) is 11.9 Å². The minimum Gasteiger partial charge on any atom is -0.376 e. The molecule has 18 heavy (non-hydrogen) atoms. The molecule has 6 nitrogen and oxygen atoms in total. The summed E-state index contributed by atoms with van der Waals surface area (Å²) >= 11 is 0. The largest absolute Gasteiger partial charge is 0.376 e. The van der Waals surface area contributed by atoms with E-state index in [-0.39, 0.29) is 12.0 Å². The molecule has 6 heteroatoms. The van der Waals surface area contributed by atoms with Gasteiger partial charge >= 0.3 is 0 Å². The summed E-state index contributed by atoms with van der Waals surface area (Å²) in [5.41, 5.74) is 0.326. The summed E-state index contributed by atoms with van der Waals surface area (Å²) in [7, 11) is 3.52. The highest BCUT2D eigenvalue weighted by Gasteiger charge is 2.18. The maximum absolute atomic E-state index is 11.3. The molecule has 0 spiro atoms. The van der Waals surface area contributed by atoms with Crippen LogP contribution in [0.25, 0.3) is 0 Å². The maximum atomic E-state index is 11.3. The van der Waals surface area contributed by atoms with Crippen LogP contribution in [0.5, 0.6) is 0 Å². The van der Waals surface area contributed by atoms with E-state index >= 15 is 0 Å². The van der Waals surface area contributed by atoms with E-state index in [1.54, 1.807) is 19.2 Å². The molecular formula is C12H18N4O2. The number of carbonyl (C=O) groups excluding carboxylic acids is 1. The normalized spacial score (nSPS) is 18.7. The Bertz CT molecular complexity index is 401. The molecule has 1 aliphatic heterocycles. The Labute approximate surface area is 106 Å². The number of nitrogens with one attached hydrogen (secondary N) is 1. The zero-order valence-corrected chi connectivity index (χ0v) is 10.7. The summed E-state index contributed by atoms with van der Waals surface area (Å²) in [6, 6.07) is 3.47. The van der Waals surface area contributed by atoms with Crippen LogP contribution < -0.4 is 10.2 Å². The van der Waals surface area contributed by atoms with Crippen molar-refractivity contribution in [2.24, 2.45) is 0 Å². The van der Waals surface area contributed by atoms with Gasteiger partial charge < -0.3 is 15.0 Å². The van der Waals surface area contributed by atoms with Gasteiger partial charge in [-0.05, 0) is 25.0 Å². The number of carbonyl (C=O) groups is 1. The molecule has 1 unspecified atom stereocenters. The lowest BCUT2D eigenvalue weighted by molar-refractivity contribution is 0.0957. The number of nitrogens with zero attached hydrogens (tertiary/aromatic N) is 3. The van der Waals surface area contributed by atoms with Crippen molar-refractivity contribution < 1.29 is 9.53 Å². The third-order valence-corrected chi connectivity index (χ3v) is 3.00. The van der Waals surface area contributed by atoms with Crippen LogP contribution in [0.1, 0.15) is 23.3 Å². The van der Waals surface area contributed by atoms with Crippen LogP contribution in [0.3, 0.4) is 0 Å². The van der Waals surface area contributed by atoms with E-state index in [0.717, 1.165) is 31.8 Å². The highest BCUT2D eigenvalue weighted by Crippen LogP contribution is 2.15. The van der Waals surface area contributed by atoms with Gasteiger partial charge in [0, 0.05) is 27.2 Å². The molecule has 2 heterocycles.